The van der Waals surface area contributed by atoms with Gasteiger partial charge in [-0.3, -0.25) is 0 Å². The second-order valence-corrected chi connectivity index (χ2v) is 7.19. The minimum absolute atomic E-state index is 0.209. The Morgan fingerprint density at radius 1 is 1.18 bits per heavy atom. The van der Waals surface area contributed by atoms with Crippen molar-refractivity contribution in [3.8, 4) is 0 Å². The van der Waals surface area contributed by atoms with E-state index in [1.54, 1.807) is 0 Å². The predicted octanol–water partition coefficient (Wildman–Crippen LogP) is 5.07. The van der Waals surface area contributed by atoms with Crippen molar-refractivity contribution in [2.24, 2.45) is 17.8 Å². The molecular weight excluding hydrogens is 323 g/mol. The molecule has 1 saturated carbocycles. The molecule has 0 aromatic rings. The van der Waals surface area contributed by atoms with Gasteiger partial charge in [0.05, 0.1) is 5.60 Å². The molecule has 102 valence electrons. The summed E-state index contributed by atoms with van der Waals surface area (Å²) >= 11 is 2.52. The second kappa shape index (κ2) is 7.32. The minimum atomic E-state index is 0.209. The standard InChI is InChI=1S/C15H29IO/c1-12(2)7-10-17-15(11-16)8-5-14(6-9-15)13(3)4/h12-14H,5-11H2,1-4H3. The Kier molecular flexibility index (Phi) is 6.78. The first kappa shape index (κ1) is 15.7. The maximum absolute atomic E-state index is 6.25. The molecule has 0 atom stereocenters. The van der Waals surface area contributed by atoms with Crippen LogP contribution in [0.4, 0.5) is 0 Å². The van der Waals surface area contributed by atoms with Gasteiger partial charge in [0.15, 0.2) is 0 Å². The Hall–Kier alpha value is 0.690. The molecule has 1 aliphatic rings. The summed E-state index contributed by atoms with van der Waals surface area (Å²) in [6.45, 7) is 10.2. The van der Waals surface area contributed by atoms with Gasteiger partial charge in [-0.2, -0.15) is 0 Å². The third-order valence-electron chi connectivity index (χ3n) is 4.23. The van der Waals surface area contributed by atoms with Gasteiger partial charge in [-0.05, 0) is 49.9 Å². The first-order valence-electron chi connectivity index (χ1n) is 7.19. The monoisotopic (exact) mass is 352 g/mol. The highest BCUT2D eigenvalue weighted by Gasteiger charge is 2.35. The third kappa shape index (κ3) is 5.06. The first-order chi connectivity index (χ1) is 7.99. The van der Waals surface area contributed by atoms with E-state index in [9.17, 15) is 0 Å². The zero-order valence-corrected chi connectivity index (χ0v) is 14.1. The number of alkyl halides is 1. The Morgan fingerprint density at radius 2 is 1.76 bits per heavy atom. The lowest BCUT2D eigenvalue weighted by atomic mass is 9.75. The van der Waals surface area contributed by atoms with E-state index in [1.165, 1.54) is 32.1 Å². The topological polar surface area (TPSA) is 9.23 Å². The van der Waals surface area contributed by atoms with Crippen LogP contribution in [0.15, 0.2) is 0 Å². The minimum Gasteiger partial charge on any atom is -0.374 e. The fourth-order valence-electron chi connectivity index (χ4n) is 2.66. The molecule has 0 amide bonds. The van der Waals surface area contributed by atoms with Crippen LogP contribution in [0.25, 0.3) is 0 Å². The molecule has 0 unspecified atom stereocenters. The molecule has 2 heteroatoms. The summed E-state index contributed by atoms with van der Waals surface area (Å²) in [6, 6.07) is 0. The van der Waals surface area contributed by atoms with E-state index in [2.05, 4.69) is 50.3 Å². The molecule has 0 spiro atoms. The lowest BCUT2D eigenvalue weighted by Gasteiger charge is -2.40. The molecule has 0 heterocycles. The highest BCUT2D eigenvalue weighted by Crippen LogP contribution is 2.39. The van der Waals surface area contributed by atoms with Gasteiger partial charge in [0.2, 0.25) is 0 Å². The summed E-state index contributed by atoms with van der Waals surface area (Å²) in [5, 5.41) is 0. The first-order valence-corrected chi connectivity index (χ1v) is 8.71. The van der Waals surface area contributed by atoms with Gasteiger partial charge in [0.1, 0.15) is 0 Å². The van der Waals surface area contributed by atoms with Crippen LogP contribution in [-0.2, 0) is 4.74 Å². The van der Waals surface area contributed by atoms with Crippen LogP contribution in [-0.4, -0.2) is 16.6 Å². The number of halogens is 1. The third-order valence-corrected chi connectivity index (χ3v) is 5.62. The molecule has 0 radical (unpaired) electrons. The Morgan fingerprint density at radius 3 is 2.18 bits per heavy atom. The molecule has 0 bridgehead atoms. The van der Waals surface area contributed by atoms with Gasteiger partial charge in [0, 0.05) is 11.0 Å². The van der Waals surface area contributed by atoms with Crippen LogP contribution in [0.2, 0.25) is 0 Å². The fourth-order valence-corrected chi connectivity index (χ4v) is 3.64. The molecule has 0 aromatic carbocycles. The maximum Gasteiger partial charge on any atom is 0.0771 e. The number of hydrogen-bond acceptors (Lipinski definition) is 1. The Balaban J connectivity index is 2.38. The molecule has 1 aliphatic carbocycles. The lowest BCUT2D eigenvalue weighted by Crippen LogP contribution is -2.40. The quantitative estimate of drug-likeness (QED) is 0.479. The summed E-state index contributed by atoms with van der Waals surface area (Å²) < 4.78 is 7.41. The van der Waals surface area contributed by atoms with E-state index >= 15 is 0 Å². The fraction of sp³-hybridized carbons (Fsp3) is 1.00. The van der Waals surface area contributed by atoms with E-state index in [0.29, 0.717) is 0 Å². The number of hydrogen-bond donors (Lipinski definition) is 0. The summed E-state index contributed by atoms with van der Waals surface area (Å²) in [5.74, 6) is 2.53. The smallest absolute Gasteiger partial charge is 0.0771 e. The largest absolute Gasteiger partial charge is 0.374 e. The lowest BCUT2D eigenvalue weighted by molar-refractivity contribution is -0.0652. The zero-order chi connectivity index (χ0) is 12.9. The van der Waals surface area contributed by atoms with Gasteiger partial charge >= 0.3 is 0 Å². The van der Waals surface area contributed by atoms with Crippen molar-refractivity contribution < 1.29 is 4.74 Å². The van der Waals surface area contributed by atoms with Gasteiger partial charge in [-0.1, -0.05) is 50.3 Å². The van der Waals surface area contributed by atoms with Crippen molar-refractivity contribution in [3.05, 3.63) is 0 Å². The van der Waals surface area contributed by atoms with Gasteiger partial charge < -0.3 is 4.74 Å². The molecule has 1 nitrogen and oxygen atoms in total. The molecular formula is C15H29IO. The molecule has 0 N–H and O–H groups in total. The van der Waals surface area contributed by atoms with E-state index in [-0.39, 0.29) is 5.60 Å². The molecule has 1 rings (SSSR count). The van der Waals surface area contributed by atoms with E-state index in [1.807, 2.05) is 0 Å². The number of rotatable bonds is 6. The molecule has 0 aromatic heterocycles. The number of ether oxygens (including phenoxy) is 1. The van der Waals surface area contributed by atoms with E-state index in [0.717, 1.165) is 28.8 Å². The second-order valence-electron chi connectivity index (χ2n) is 6.43. The van der Waals surface area contributed by atoms with Crippen molar-refractivity contribution in [1.82, 2.24) is 0 Å². The molecule has 17 heavy (non-hydrogen) atoms. The van der Waals surface area contributed by atoms with Crippen molar-refractivity contribution in [2.75, 3.05) is 11.0 Å². The maximum atomic E-state index is 6.25. The van der Waals surface area contributed by atoms with Crippen molar-refractivity contribution >= 4 is 22.6 Å². The Bertz CT molecular complexity index is 199. The van der Waals surface area contributed by atoms with Gasteiger partial charge in [0.25, 0.3) is 0 Å². The molecule has 0 saturated heterocycles. The van der Waals surface area contributed by atoms with E-state index < -0.39 is 0 Å². The molecule has 1 fully saturated rings. The summed E-state index contributed by atoms with van der Waals surface area (Å²) in [6.07, 6.45) is 6.48. The Labute approximate surface area is 121 Å². The average Bonchev–Trinajstić information content (AvgIpc) is 2.29. The van der Waals surface area contributed by atoms with Gasteiger partial charge in [-0.15, -0.1) is 0 Å². The van der Waals surface area contributed by atoms with E-state index in [4.69, 9.17) is 4.74 Å². The summed E-state index contributed by atoms with van der Waals surface area (Å²) in [4.78, 5) is 0. The summed E-state index contributed by atoms with van der Waals surface area (Å²) in [7, 11) is 0. The van der Waals surface area contributed by atoms with Crippen molar-refractivity contribution in [2.45, 2.75) is 65.4 Å². The van der Waals surface area contributed by atoms with Gasteiger partial charge in [-0.25, -0.2) is 0 Å². The van der Waals surface area contributed by atoms with Crippen LogP contribution < -0.4 is 0 Å². The average molecular weight is 352 g/mol. The highest BCUT2D eigenvalue weighted by atomic mass is 127. The highest BCUT2D eigenvalue weighted by molar-refractivity contribution is 14.1. The van der Waals surface area contributed by atoms with Crippen molar-refractivity contribution in [3.63, 3.8) is 0 Å². The normalized spacial score (nSPS) is 30.2. The SMILES string of the molecule is CC(C)CCOC1(CI)CCC(C(C)C)CC1. The molecule has 0 aliphatic heterocycles. The predicted molar refractivity (Wildman–Crippen MR) is 83.8 cm³/mol. The van der Waals surface area contributed by atoms with Crippen LogP contribution in [0.3, 0.4) is 0 Å². The van der Waals surface area contributed by atoms with Crippen molar-refractivity contribution in [1.29, 1.82) is 0 Å². The van der Waals surface area contributed by atoms with Crippen LogP contribution >= 0.6 is 22.6 Å². The summed E-state index contributed by atoms with van der Waals surface area (Å²) in [5.41, 5.74) is 0.209. The van der Waals surface area contributed by atoms with Crippen LogP contribution in [0.1, 0.15) is 59.8 Å². The van der Waals surface area contributed by atoms with Crippen LogP contribution in [0.5, 0.6) is 0 Å². The zero-order valence-electron chi connectivity index (χ0n) is 12.0. The van der Waals surface area contributed by atoms with Crippen LogP contribution in [0, 0.1) is 17.8 Å².